The molecule has 2 aliphatic carbocycles. The molecule has 6 rings (SSSR count). The summed E-state index contributed by atoms with van der Waals surface area (Å²) in [4.78, 5) is 46.6. The van der Waals surface area contributed by atoms with Gasteiger partial charge in [0.05, 0.1) is 11.5 Å². The zero-order valence-electron chi connectivity index (χ0n) is 29.0. The maximum absolute atomic E-state index is 16.2. The van der Waals surface area contributed by atoms with Crippen LogP contribution in [0, 0.1) is 17.2 Å². The summed E-state index contributed by atoms with van der Waals surface area (Å²) in [5.74, 6) is -2.46. The summed E-state index contributed by atoms with van der Waals surface area (Å²) in [6, 6.07) is 5.27. The minimum absolute atomic E-state index is 0.0300. The second-order valence-corrected chi connectivity index (χ2v) is 16.4. The lowest BCUT2D eigenvalue weighted by Gasteiger charge is -2.51. The number of benzene rings is 1. The number of carbonyl (C=O) groups is 3. The highest BCUT2D eigenvalue weighted by molar-refractivity contribution is 6.31. The van der Waals surface area contributed by atoms with Crippen molar-refractivity contribution in [3.63, 3.8) is 0 Å². The molecule has 1 amide bonds. The monoisotopic (exact) mass is 730 g/mol. The Morgan fingerprint density at radius 3 is 2.50 bits per heavy atom. The van der Waals surface area contributed by atoms with Crippen LogP contribution in [0.25, 0.3) is 0 Å². The van der Waals surface area contributed by atoms with Gasteiger partial charge in [0, 0.05) is 67.6 Å². The van der Waals surface area contributed by atoms with Crippen molar-refractivity contribution in [2.24, 2.45) is 11.3 Å². The summed E-state index contributed by atoms with van der Waals surface area (Å²) < 4.78 is 16.2. The average molecular weight is 732 g/mol. The van der Waals surface area contributed by atoms with Gasteiger partial charge in [-0.05, 0) is 92.0 Å². The number of carboxylic acid groups (broad SMARTS) is 1. The Morgan fingerprint density at radius 1 is 1.12 bits per heavy atom. The van der Waals surface area contributed by atoms with Crippen LogP contribution in [-0.2, 0) is 19.8 Å². The fourth-order valence-corrected chi connectivity index (χ4v) is 9.70. The van der Waals surface area contributed by atoms with E-state index in [9.17, 15) is 19.5 Å². The number of aldehydes is 1. The topological polar surface area (TPSA) is 136 Å². The zero-order valence-corrected chi connectivity index (χ0v) is 30.5. The van der Waals surface area contributed by atoms with Crippen LogP contribution in [0.2, 0.25) is 10.2 Å². The van der Waals surface area contributed by atoms with Crippen molar-refractivity contribution in [3.8, 4) is 0 Å². The van der Waals surface area contributed by atoms with Gasteiger partial charge >= 0.3 is 5.97 Å². The van der Waals surface area contributed by atoms with Crippen LogP contribution in [0.1, 0.15) is 82.3 Å². The number of anilines is 1. The number of halogens is 3. The maximum atomic E-state index is 16.2. The number of hydrogen-bond donors (Lipinski definition) is 5. The molecule has 5 N–H and O–H groups in total. The number of pyridine rings is 1. The van der Waals surface area contributed by atoms with E-state index in [2.05, 4.69) is 45.0 Å². The van der Waals surface area contributed by atoms with Gasteiger partial charge in [0.2, 0.25) is 5.91 Å². The largest absolute Gasteiger partial charge is 0.480 e. The quantitative estimate of drug-likeness (QED) is 0.176. The Labute approximate surface area is 303 Å². The molecule has 4 atom stereocenters. The molecule has 2 saturated carbocycles. The first-order chi connectivity index (χ1) is 23.8. The Bertz CT molecular complexity index is 1590. The number of carboxylic acids is 1. The van der Waals surface area contributed by atoms with Crippen molar-refractivity contribution in [1.29, 1.82) is 0 Å². The van der Waals surface area contributed by atoms with Gasteiger partial charge in [-0.1, -0.05) is 43.1 Å². The first kappa shape index (κ1) is 36.9. The number of aromatic nitrogens is 1. The summed E-state index contributed by atoms with van der Waals surface area (Å²) >= 11 is 12.7. The molecule has 272 valence electrons. The summed E-state index contributed by atoms with van der Waals surface area (Å²) in [6.45, 7) is 7.03. The minimum atomic E-state index is -1.37. The molecule has 2 saturated heterocycles. The summed E-state index contributed by atoms with van der Waals surface area (Å²) in [7, 11) is 1.76. The summed E-state index contributed by atoms with van der Waals surface area (Å²) in [5.41, 5.74) is -0.775. The number of hydrogen-bond acceptors (Lipinski definition) is 8. The van der Waals surface area contributed by atoms with Crippen molar-refractivity contribution in [1.82, 2.24) is 25.8 Å². The van der Waals surface area contributed by atoms with Crippen LogP contribution in [0.15, 0.2) is 30.5 Å². The van der Waals surface area contributed by atoms with E-state index in [0.717, 1.165) is 51.4 Å². The lowest BCUT2D eigenvalue weighted by molar-refractivity contribution is -0.144. The molecule has 2 aliphatic heterocycles. The Kier molecular flexibility index (Phi) is 10.8. The fraction of sp³-hybridized carbons (Fsp3) is 0.622. The number of piperazine rings is 1. The van der Waals surface area contributed by atoms with Crippen molar-refractivity contribution in [2.45, 2.75) is 100 Å². The Balaban J connectivity index is 1.34. The van der Waals surface area contributed by atoms with Gasteiger partial charge in [0.25, 0.3) is 0 Å². The normalized spacial score (nSPS) is 30.9. The smallest absolute Gasteiger partial charge is 0.322 e. The molecule has 13 heteroatoms. The molecule has 0 unspecified atom stereocenters. The fourth-order valence-electron chi connectivity index (χ4n) is 9.37. The van der Waals surface area contributed by atoms with Gasteiger partial charge in [-0.25, -0.2) is 9.37 Å². The Morgan fingerprint density at radius 2 is 1.84 bits per heavy atom. The lowest BCUT2D eigenvalue weighted by Crippen LogP contribution is -2.60. The first-order valence-electron chi connectivity index (χ1n) is 17.8. The third-order valence-corrected chi connectivity index (χ3v) is 12.7. The summed E-state index contributed by atoms with van der Waals surface area (Å²) in [5, 5.41) is 23.3. The number of nitrogens with zero attached hydrogens (tertiary/aromatic N) is 2. The van der Waals surface area contributed by atoms with Crippen molar-refractivity contribution in [3.05, 3.63) is 57.6 Å². The molecular formula is C37H49Cl2FN6O4. The molecule has 4 aliphatic rings. The molecule has 1 aromatic carbocycles. The SMILES string of the molecule is CNc1cc(Cl)ccc1[C@]1(C=O)[C@@H](c2ccnc(Cl)c2F)[C@H](C(=O)NC2CCC(CN3CCNC[C@H]3C(=O)O)CC2)NC12CCC(C)(C)CC2. The molecule has 1 aromatic heterocycles. The van der Waals surface area contributed by atoms with Crippen molar-refractivity contribution < 1.29 is 23.9 Å². The summed E-state index contributed by atoms with van der Waals surface area (Å²) in [6.07, 6.45) is 8.35. The van der Waals surface area contributed by atoms with E-state index in [1.165, 1.54) is 6.20 Å². The highest BCUT2D eigenvalue weighted by Crippen LogP contribution is 2.61. The molecule has 10 nitrogen and oxygen atoms in total. The molecule has 1 spiro atoms. The zero-order chi connectivity index (χ0) is 35.8. The van der Waals surface area contributed by atoms with Gasteiger partial charge in [0.1, 0.15) is 12.3 Å². The van der Waals surface area contributed by atoms with Crippen molar-refractivity contribution in [2.75, 3.05) is 38.5 Å². The molecule has 3 heterocycles. The number of aliphatic carboxylic acids is 1. The molecular weight excluding hydrogens is 682 g/mol. The Hall–Kier alpha value is -2.83. The average Bonchev–Trinajstić information content (AvgIpc) is 3.38. The maximum Gasteiger partial charge on any atom is 0.322 e. The second-order valence-electron chi connectivity index (χ2n) is 15.6. The number of nitrogens with one attached hydrogen (secondary N) is 4. The molecule has 50 heavy (non-hydrogen) atoms. The molecule has 0 radical (unpaired) electrons. The number of rotatable bonds is 9. The third kappa shape index (κ3) is 6.76. The predicted molar refractivity (Wildman–Crippen MR) is 192 cm³/mol. The van der Waals surface area contributed by atoms with Crippen LogP contribution in [-0.4, -0.2) is 90.0 Å². The number of carbonyl (C=O) groups excluding carboxylic acids is 2. The number of amides is 1. The first-order valence-corrected chi connectivity index (χ1v) is 18.6. The minimum Gasteiger partial charge on any atom is -0.480 e. The third-order valence-electron chi connectivity index (χ3n) is 12.2. The van der Waals surface area contributed by atoms with Crippen LogP contribution in [0.4, 0.5) is 10.1 Å². The van der Waals surface area contributed by atoms with E-state index >= 15 is 4.39 Å². The highest BCUT2D eigenvalue weighted by Gasteiger charge is 2.68. The van der Waals surface area contributed by atoms with E-state index in [1.54, 1.807) is 25.2 Å². The van der Waals surface area contributed by atoms with Gasteiger partial charge in [-0.15, -0.1) is 0 Å². The van der Waals surface area contributed by atoms with Gasteiger partial charge in [-0.2, -0.15) is 0 Å². The van der Waals surface area contributed by atoms with Crippen LogP contribution < -0.4 is 21.3 Å². The van der Waals surface area contributed by atoms with Crippen LogP contribution in [0.3, 0.4) is 0 Å². The van der Waals surface area contributed by atoms with E-state index in [0.29, 0.717) is 54.7 Å². The van der Waals surface area contributed by atoms with E-state index in [4.69, 9.17) is 23.2 Å². The standard InChI is InChI=1S/C37H49Cl2FN6O4/c1-35(2)11-13-36(14-12-35)37(21-47,26-9-6-23(38)18-27(26)41-3)29(25-10-15-43-32(39)30(25)40)31(45-36)33(48)44-24-7-4-22(5-8-24)20-46-17-16-42-19-28(46)34(49)50/h6,9-10,15,18,21-22,24,28-29,31,41-42,45H,4-5,7-8,11-14,16-17,19-20H2,1-3H3,(H,44,48)(H,49,50)/t22?,24?,28-,29-,31+,37+/m0/s1. The molecule has 2 aromatic rings. The highest BCUT2D eigenvalue weighted by atomic mass is 35.5. The predicted octanol–water partition coefficient (Wildman–Crippen LogP) is 5.13. The second kappa shape index (κ2) is 14.7. The van der Waals surface area contributed by atoms with Crippen molar-refractivity contribution >= 4 is 47.1 Å². The van der Waals surface area contributed by atoms with Gasteiger partial charge < -0.3 is 25.9 Å². The van der Waals surface area contributed by atoms with Crippen LogP contribution in [0.5, 0.6) is 0 Å². The van der Waals surface area contributed by atoms with Crippen LogP contribution >= 0.6 is 23.2 Å². The van der Waals surface area contributed by atoms with Gasteiger partial charge in [0.15, 0.2) is 11.0 Å². The molecule has 0 bridgehead atoms. The van der Waals surface area contributed by atoms with Gasteiger partial charge in [-0.3, -0.25) is 19.8 Å². The van der Waals surface area contributed by atoms with E-state index in [1.807, 2.05) is 6.07 Å². The molecule has 4 fully saturated rings. The lowest BCUT2D eigenvalue weighted by atomic mass is 9.53. The van der Waals surface area contributed by atoms with E-state index < -0.39 is 40.7 Å². The van der Waals surface area contributed by atoms with E-state index in [-0.39, 0.29) is 28.1 Å².